The smallest absolute Gasteiger partial charge is 0.198 e. The van der Waals surface area contributed by atoms with E-state index in [0.717, 1.165) is 18.1 Å². The van der Waals surface area contributed by atoms with E-state index >= 15 is 0 Å². The van der Waals surface area contributed by atoms with Crippen molar-refractivity contribution < 1.29 is 13.6 Å². The van der Waals surface area contributed by atoms with E-state index in [1.165, 1.54) is 13.0 Å². The molecule has 0 spiro atoms. The normalized spacial score (nSPS) is 10.5. The molecule has 0 aliphatic carbocycles. The van der Waals surface area contributed by atoms with Crippen molar-refractivity contribution in [1.82, 2.24) is 0 Å². The molecule has 2 aromatic carbocycles. The first-order valence-corrected chi connectivity index (χ1v) is 6.12. The predicted octanol–water partition coefficient (Wildman–Crippen LogP) is 4.07. The van der Waals surface area contributed by atoms with Crippen LogP contribution in [-0.4, -0.2) is 5.78 Å². The summed E-state index contributed by atoms with van der Waals surface area (Å²) < 4.78 is 27.5. The topological polar surface area (TPSA) is 17.1 Å². The van der Waals surface area contributed by atoms with Gasteiger partial charge in [0.1, 0.15) is 11.6 Å². The Morgan fingerprint density at radius 3 is 2.26 bits per heavy atom. The molecule has 0 N–H and O–H groups in total. The highest BCUT2D eigenvalue weighted by atomic mass is 19.1. The van der Waals surface area contributed by atoms with Gasteiger partial charge in [-0.2, -0.15) is 0 Å². The van der Waals surface area contributed by atoms with E-state index in [1.54, 1.807) is 24.3 Å². The van der Waals surface area contributed by atoms with Gasteiger partial charge in [-0.3, -0.25) is 4.79 Å². The van der Waals surface area contributed by atoms with E-state index in [-0.39, 0.29) is 5.56 Å². The molecule has 3 heteroatoms. The van der Waals surface area contributed by atoms with Crippen molar-refractivity contribution in [2.24, 2.45) is 0 Å². The molecule has 2 aromatic rings. The van der Waals surface area contributed by atoms with E-state index in [9.17, 15) is 13.6 Å². The fourth-order valence-electron chi connectivity index (χ4n) is 1.90. The van der Waals surface area contributed by atoms with Gasteiger partial charge in [-0.25, -0.2) is 8.78 Å². The maximum Gasteiger partial charge on any atom is 0.198 e. The van der Waals surface area contributed by atoms with Gasteiger partial charge in [0.05, 0.1) is 5.56 Å². The lowest BCUT2D eigenvalue weighted by Crippen LogP contribution is -2.08. The fraction of sp³-hybridized carbons (Fsp3) is 0.188. The van der Waals surface area contributed by atoms with Crippen molar-refractivity contribution >= 4 is 5.78 Å². The van der Waals surface area contributed by atoms with Crippen molar-refractivity contribution in [3.63, 3.8) is 0 Å². The van der Waals surface area contributed by atoms with Crippen LogP contribution in [0, 0.1) is 18.6 Å². The molecule has 0 aliphatic heterocycles. The number of hydrogen-bond donors (Lipinski definition) is 0. The maximum absolute atomic E-state index is 13.9. The molecule has 19 heavy (non-hydrogen) atoms. The van der Waals surface area contributed by atoms with E-state index in [1.807, 2.05) is 6.92 Å². The Balaban J connectivity index is 2.46. The molecule has 0 amide bonds. The quantitative estimate of drug-likeness (QED) is 0.760. The van der Waals surface area contributed by atoms with Crippen molar-refractivity contribution in [3.05, 3.63) is 70.3 Å². The Bertz CT molecular complexity index is 615. The number of halogens is 2. The number of ketones is 1. The molecule has 0 aromatic heterocycles. The third kappa shape index (κ3) is 2.55. The highest BCUT2D eigenvalue weighted by Gasteiger charge is 2.20. The van der Waals surface area contributed by atoms with Crippen LogP contribution in [0.5, 0.6) is 0 Å². The number of hydrogen-bond acceptors (Lipinski definition) is 1. The van der Waals surface area contributed by atoms with Crippen molar-refractivity contribution in [2.45, 2.75) is 20.3 Å². The lowest BCUT2D eigenvalue weighted by molar-refractivity contribution is 0.103. The molecule has 0 heterocycles. The van der Waals surface area contributed by atoms with Crippen LogP contribution in [0.4, 0.5) is 8.78 Å². The summed E-state index contributed by atoms with van der Waals surface area (Å²) in [4.78, 5) is 12.2. The summed E-state index contributed by atoms with van der Waals surface area (Å²) in [5, 5.41) is 0. The second-order valence-electron chi connectivity index (χ2n) is 4.43. The first kappa shape index (κ1) is 13.4. The zero-order valence-electron chi connectivity index (χ0n) is 10.8. The molecular weight excluding hydrogens is 246 g/mol. The Morgan fingerprint density at radius 1 is 1.05 bits per heavy atom. The average Bonchev–Trinajstić information content (AvgIpc) is 2.43. The number of carbonyl (C=O) groups is 1. The SMILES string of the molecule is CCc1ccc(C(=O)c2c(F)ccc(C)c2F)cc1. The van der Waals surface area contributed by atoms with Crippen LogP contribution in [0.1, 0.15) is 34.0 Å². The monoisotopic (exact) mass is 260 g/mol. The number of aryl methyl sites for hydroxylation is 2. The van der Waals surface area contributed by atoms with Gasteiger partial charge in [0, 0.05) is 5.56 Å². The van der Waals surface area contributed by atoms with E-state index in [4.69, 9.17) is 0 Å². The molecule has 2 rings (SSSR count). The first-order chi connectivity index (χ1) is 9.04. The Morgan fingerprint density at radius 2 is 1.68 bits per heavy atom. The standard InChI is InChI=1S/C16H14F2O/c1-3-11-5-7-12(8-6-11)16(19)14-13(17)9-4-10(2)15(14)18/h4-9H,3H2,1-2H3. The van der Waals surface area contributed by atoms with Gasteiger partial charge in [0.2, 0.25) is 0 Å². The predicted molar refractivity (Wildman–Crippen MR) is 70.3 cm³/mol. The third-order valence-corrected chi connectivity index (χ3v) is 3.14. The van der Waals surface area contributed by atoms with E-state index in [0.29, 0.717) is 5.56 Å². The summed E-state index contributed by atoms with van der Waals surface area (Å²) in [6, 6.07) is 9.22. The molecule has 0 unspecified atom stereocenters. The third-order valence-electron chi connectivity index (χ3n) is 3.14. The summed E-state index contributed by atoms with van der Waals surface area (Å²) >= 11 is 0. The molecule has 1 nitrogen and oxygen atoms in total. The van der Waals surface area contributed by atoms with Crippen LogP contribution in [0.2, 0.25) is 0 Å². The molecular formula is C16H14F2O. The van der Waals surface area contributed by atoms with Crippen molar-refractivity contribution in [1.29, 1.82) is 0 Å². The van der Waals surface area contributed by atoms with Crippen LogP contribution < -0.4 is 0 Å². The van der Waals surface area contributed by atoms with Crippen LogP contribution in [-0.2, 0) is 6.42 Å². The van der Waals surface area contributed by atoms with Gasteiger partial charge in [-0.15, -0.1) is 0 Å². The zero-order valence-corrected chi connectivity index (χ0v) is 10.8. The second kappa shape index (κ2) is 5.31. The molecule has 0 radical (unpaired) electrons. The Labute approximate surface area is 110 Å². The number of benzene rings is 2. The second-order valence-corrected chi connectivity index (χ2v) is 4.43. The van der Waals surface area contributed by atoms with Gasteiger partial charge < -0.3 is 0 Å². The maximum atomic E-state index is 13.9. The van der Waals surface area contributed by atoms with Gasteiger partial charge in [0.25, 0.3) is 0 Å². The first-order valence-electron chi connectivity index (χ1n) is 6.12. The lowest BCUT2D eigenvalue weighted by atomic mass is 9.99. The largest absolute Gasteiger partial charge is 0.288 e. The van der Waals surface area contributed by atoms with Crippen LogP contribution in [0.15, 0.2) is 36.4 Å². The van der Waals surface area contributed by atoms with Crippen molar-refractivity contribution in [3.8, 4) is 0 Å². The minimum absolute atomic E-state index is 0.259. The number of carbonyl (C=O) groups excluding carboxylic acids is 1. The molecule has 0 bridgehead atoms. The summed E-state index contributed by atoms with van der Waals surface area (Å²) in [6.07, 6.45) is 0.849. The number of rotatable bonds is 3. The zero-order chi connectivity index (χ0) is 14.0. The lowest BCUT2D eigenvalue weighted by Gasteiger charge is -2.07. The Kier molecular flexibility index (Phi) is 3.74. The van der Waals surface area contributed by atoms with Gasteiger partial charge in [-0.1, -0.05) is 37.3 Å². The highest BCUT2D eigenvalue weighted by Crippen LogP contribution is 2.20. The molecule has 0 atom stereocenters. The molecule has 0 saturated carbocycles. The fourth-order valence-corrected chi connectivity index (χ4v) is 1.90. The Hall–Kier alpha value is -2.03. The van der Waals surface area contributed by atoms with Gasteiger partial charge in [-0.05, 0) is 30.5 Å². The van der Waals surface area contributed by atoms with E-state index in [2.05, 4.69) is 0 Å². The van der Waals surface area contributed by atoms with E-state index < -0.39 is 23.0 Å². The van der Waals surface area contributed by atoms with Crippen molar-refractivity contribution in [2.75, 3.05) is 0 Å². The van der Waals surface area contributed by atoms with Gasteiger partial charge in [0.15, 0.2) is 5.78 Å². The molecule has 0 saturated heterocycles. The van der Waals surface area contributed by atoms with Gasteiger partial charge >= 0.3 is 0 Å². The minimum atomic E-state index is -0.826. The van der Waals surface area contributed by atoms with Crippen LogP contribution >= 0.6 is 0 Å². The van der Waals surface area contributed by atoms with Crippen LogP contribution in [0.3, 0.4) is 0 Å². The average molecular weight is 260 g/mol. The summed E-state index contributed by atoms with van der Waals surface area (Å²) in [6.45, 7) is 3.50. The summed E-state index contributed by atoms with van der Waals surface area (Å²) in [7, 11) is 0. The molecule has 98 valence electrons. The molecule has 0 fully saturated rings. The minimum Gasteiger partial charge on any atom is -0.288 e. The van der Waals surface area contributed by atoms with Crippen LogP contribution in [0.25, 0.3) is 0 Å². The highest BCUT2D eigenvalue weighted by molar-refractivity contribution is 6.09. The molecule has 0 aliphatic rings. The summed E-state index contributed by atoms with van der Waals surface area (Å²) in [5.41, 5.74) is 1.14. The summed E-state index contributed by atoms with van der Waals surface area (Å²) in [5.74, 6) is -2.24.